The highest BCUT2D eigenvalue weighted by atomic mass is 19.1. The summed E-state index contributed by atoms with van der Waals surface area (Å²) in [4.78, 5) is 24.7. The summed E-state index contributed by atoms with van der Waals surface area (Å²) in [5.41, 5.74) is 3.89. The second-order valence-corrected chi connectivity index (χ2v) is 6.62. The van der Waals surface area contributed by atoms with E-state index in [1.165, 1.54) is 12.1 Å². The van der Waals surface area contributed by atoms with Crippen molar-refractivity contribution in [3.8, 4) is 0 Å². The normalized spacial score (nSPS) is 11.3. The number of carbonyl (C=O) groups is 1. The Morgan fingerprint density at radius 3 is 2.71 bits per heavy atom. The van der Waals surface area contributed by atoms with Gasteiger partial charge in [0.2, 0.25) is 5.78 Å². The Bertz CT molecular complexity index is 1280. The van der Waals surface area contributed by atoms with E-state index in [1.54, 1.807) is 30.6 Å². The van der Waals surface area contributed by atoms with Gasteiger partial charge in [-0.15, -0.1) is 0 Å². The van der Waals surface area contributed by atoms with E-state index in [1.807, 2.05) is 35.0 Å². The monoisotopic (exact) mass is 370 g/mol. The van der Waals surface area contributed by atoms with Crippen LogP contribution in [-0.2, 0) is 6.54 Å². The van der Waals surface area contributed by atoms with E-state index in [-0.39, 0.29) is 17.4 Å². The molecule has 3 aromatic heterocycles. The first-order valence-electron chi connectivity index (χ1n) is 8.86. The van der Waals surface area contributed by atoms with Crippen LogP contribution < -0.4 is 0 Å². The van der Waals surface area contributed by atoms with Crippen LogP contribution in [0.3, 0.4) is 0 Å². The van der Waals surface area contributed by atoms with Gasteiger partial charge in [-0.1, -0.05) is 30.3 Å². The molecule has 0 aliphatic carbocycles. The first-order valence-corrected chi connectivity index (χ1v) is 8.86. The molecule has 1 N–H and O–H groups in total. The van der Waals surface area contributed by atoms with E-state index in [2.05, 4.69) is 15.0 Å². The fraction of sp³-hybridized carbons (Fsp3) is 0.0455. The van der Waals surface area contributed by atoms with Crippen LogP contribution in [0.5, 0.6) is 0 Å². The van der Waals surface area contributed by atoms with Crippen molar-refractivity contribution >= 4 is 27.7 Å². The van der Waals surface area contributed by atoms with Crippen molar-refractivity contribution in [3.05, 3.63) is 96.0 Å². The Morgan fingerprint density at radius 1 is 1.07 bits per heavy atom. The Labute approximate surface area is 159 Å². The lowest BCUT2D eigenvalue weighted by atomic mass is 10.1. The summed E-state index contributed by atoms with van der Waals surface area (Å²) in [6.07, 6.45) is 5.13. The van der Waals surface area contributed by atoms with E-state index in [0.717, 1.165) is 22.0 Å². The van der Waals surface area contributed by atoms with Crippen molar-refractivity contribution < 1.29 is 9.18 Å². The molecule has 0 saturated carbocycles. The topological polar surface area (TPSA) is 63.6 Å². The number of pyridine rings is 1. The molecular formula is C22H15FN4O. The number of carbonyl (C=O) groups excluding carboxylic acids is 1. The van der Waals surface area contributed by atoms with Gasteiger partial charge in [0.15, 0.2) is 5.82 Å². The van der Waals surface area contributed by atoms with Gasteiger partial charge in [0.25, 0.3) is 0 Å². The van der Waals surface area contributed by atoms with E-state index < -0.39 is 0 Å². The Balaban J connectivity index is 1.59. The summed E-state index contributed by atoms with van der Waals surface area (Å²) >= 11 is 0. The maximum atomic E-state index is 13.2. The minimum absolute atomic E-state index is 0.176. The SMILES string of the molecule is O=C(c1nc2ccncc2[nH]1)c1cn(Cc2ccc(F)cc2)c2ccccc12. The van der Waals surface area contributed by atoms with E-state index >= 15 is 0 Å². The molecule has 2 aromatic carbocycles. The molecule has 3 heterocycles. The fourth-order valence-corrected chi connectivity index (χ4v) is 3.44. The molecular weight excluding hydrogens is 355 g/mol. The van der Waals surface area contributed by atoms with E-state index in [0.29, 0.717) is 17.6 Å². The lowest BCUT2D eigenvalue weighted by Crippen LogP contribution is -2.03. The number of benzene rings is 2. The lowest BCUT2D eigenvalue weighted by Gasteiger charge is -2.05. The van der Waals surface area contributed by atoms with Crippen LogP contribution in [0.25, 0.3) is 21.9 Å². The second kappa shape index (κ2) is 6.42. The quantitative estimate of drug-likeness (QED) is 0.479. The maximum absolute atomic E-state index is 13.2. The van der Waals surface area contributed by atoms with Crippen LogP contribution in [0.1, 0.15) is 21.7 Å². The van der Waals surface area contributed by atoms with Gasteiger partial charge in [-0.3, -0.25) is 9.78 Å². The summed E-state index contributed by atoms with van der Waals surface area (Å²) in [5.74, 6) is -0.158. The first kappa shape index (κ1) is 16.4. The molecule has 0 aliphatic rings. The predicted molar refractivity (Wildman–Crippen MR) is 105 cm³/mol. The van der Waals surface area contributed by atoms with E-state index in [9.17, 15) is 9.18 Å². The molecule has 0 fully saturated rings. The van der Waals surface area contributed by atoms with Crippen LogP contribution in [0.4, 0.5) is 4.39 Å². The minimum Gasteiger partial charge on any atom is -0.342 e. The Hall–Kier alpha value is -3.80. The predicted octanol–water partition coefficient (Wildman–Crippen LogP) is 4.33. The van der Waals surface area contributed by atoms with Crippen LogP contribution >= 0.6 is 0 Å². The van der Waals surface area contributed by atoms with Crippen molar-refractivity contribution in [3.63, 3.8) is 0 Å². The van der Waals surface area contributed by atoms with Crippen LogP contribution in [0.2, 0.25) is 0 Å². The van der Waals surface area contributed by atoms with Gasteiger partial charge in [0, 0.05) is 29.8 Å². The van der Waals surface area contributed by atoms with E-state index in [4.69, 9.17) is 0 Å². The summed E-state index contributed by atoms with van der Waals surface area (Å²) in [6, 6.07) is 15.9. The fourth-order valence-electron chi connectivity index (χ4n) is 3.44. The number of imidazole rings is 1. The highest BCUT2D eigenvalue weighted by Crippen LogP contribution is 2.25. The zero-order valence-electron chi connectivity index (χ0n) is 14.8. The number of nitrogens with zero attached hydrogens (tertiary/aromatic N) is 3. The Kier molecular flexibility index (Phi) is 3.76. The van der Waals surface area contributed by atoms with Crippen molar-refractivity contribution in [2.45, 2.75) is 6.54 Å². The number of H-pyrrole nitrogens is 1. The first-order chi connectivity index (χ1) is 13.7. The number of hydrogen-bond donors (Lipinski definition) is 1. The molecule has 5 rings (SSSR count). The number of para-hydroxylation sites is 1. The van der Waals surface area contributed by atoms with Gasteiger partial charge < -0.3 is 9.55 Å². The second-order valence-electron chi connectivity index (χ2n) is 6.62. The highest BCUT2D eigenvalue weighted by Gasteiger charge is 2.19. The summed E-state index contributed by atoms with van der Waals surface area (Å²) < 4.78 is 15.2. The molecule has 0 spiro atoms. The Morgan fingerprint density at radius 2 is 1.89 bits per heavy atom. The number of rotatable bonds is 4. The van der Waals surface area contributed by atoms with Gasteiger partial charge in [0.05, 0.1) is 22.8 Å². The number of hydrogen-bond acceptors (Lipinski definition) is 3. The third-order valence-corrected chi connectivity index (χ3v) is 4.80. The minimum atomic E-state index is -0.267. The number of nitrogens with one attached hydrogen (secondary N) is 1. The molecule has 0 amide bonds. The third-order valence-electron chi connectivity index (χ3n) is 4.80. The number of aromatic nitrogens is 4. The summed E-state index contributed by atoms with van der Waals surface area (Å²) in [5, 5.41) is 0.855. The molecule has 0 unspecified atom stereocenters. The van der Waals surface area contributed by atoms with Gasteiger partial charge in [0.1, 0.15) is 5.82 Å². The molecule has 0 aliphatic heterocycles. The molecule has 0 bridgehead atoms. The number of ketones is 1. The molecule has 136 valence electrons. The molecule has 5 nitrogen and oxygen atoms in total. The van der Waals surface area contributed by atoms with Crippen molar-refractivity contribution in [2.75, 3.05) is 0 Å². The average molecular weight is 370 g/mol. The molecule has 0 saturated heterocycles. The van der Waals surface area contributed by atoms with Crippen molar-refractivity contribution in [1.29, 1.82) is 0 Å². The zero-order chi connectivity index (χ0) is 19.1. The smallest absolute Gasteiger partial charge is 0.230 e. The number of halogens is 1. The largest absolute Gasteiger partial charge is 0.342 e. The number of aromatic amines is 1. The molecule has 6 heteroatoms. The molecule has 0 radical (unpaired) electrons. The number of fused-ring (bicyclic) bond motifs is 2. The molecule has 0 atom stereocenters. The van der Waals surface area contributed by atoms with Crippen LogP contribution in [0, 0.1) is 5.82 Å². The van der Waals surface area contributed by atoms with Crippen LogP contribution in [-0.4, -0.2) is 25.3 Å². The van der Waals surface area contributed by atoms with Gasteiger partial charge >= 0.3 is 0 Å². The zero-order valence-corrected chi connectivity index (χ0v) is 14.8. The van der Waals surface area contributed by atoms with Crippen molar-refractivity contribution in [1.82, 2.24) is 19.5 Å². The molecule has 28 heavy (non-hydrogen) atoms. The maximum Gasteiger partial charge on any atom is 0.230 e. The summed E-state index contributed by atoms with van der Waals surface area (Å²) in [7, 11) is 0. The molecule has 5 aromatic rings. The third kappa shape index (κ3) is 2.75. The summed E-state index contributed by atoms with van der Waals surface area (Å²) in [6.45, 7) is 0.540. The standard InChI is InChI=1S/C22H15FN4O/c23-15-7-5-14(6-8-15)12-27-13-17(16-3-1-2-4-20(16)27)21(28)22-25-18-9-10-24-11-19(18)26-22/h1-11,13H,12H2,(H,25,26). The van der Waals surface area contributed by atoms with Gasteiger partial charge in [-0.05, 0) is 29.8 Å². The van der Waals surface area contributed by atoms with Crippen LogP contribution in [0.15, 0.2) is 73.2 Å². The van der Waals surface area contributed by atoms with Gasteiger partial charge in [-0.2, -0.15) is 0 Å². The lowest BCUT2D eigenvalue weighted by molar-refractivity contribution is 0.103. The highest BCUT2D eigenvalue weighted by molar-refractivity contribution is 6.15. The average Bonchev–Trinajstić information content (AvgIpc) is 3.31. The van der Waals surface area contributed by atoms with Crippen molar-refractivity contribution in [2.24, 2.45) is 0 Å². The van der Waals surface area contributed by atoms with Gasteiger partial charge in [-0.25, -0.2) is 9.37 Å².